The Hall–Kier alpha value is -2.27. The summed E-state index contributed by atoms with van der Waals surface area (Å²) >= 11 is 5.35. The van der Waals surface area contributed by atoms with Gasteiger partial charge >= 0.3 is 0 Å². The molecule has 0 bridgehead atoms. The Balaban J connectivity index is 1.92. The zero-order valence-electron chi connectivity index (χ0n) is 14.4. The lowest BCUT2D eigenvalue weighted by molar-refractivity contribution is 0.310. The van der Waals surface area contributed by atoms with Gasteiger partial charge in [0.25, 0.3) is 0 Å². The molecule has 2 N–H and O–H groups in total. The second-order valence-electron chi connectivity index (χ2n) is 5.28. The van der Waals surface area contributed by atoms with Gasteiger partial charge in [-0.3, -0.25) is 0 Å². The highest BCUT2D eigenvalue weighted by molar-refractivity contribution is 7.80. The molecule has 0 aromatic heterocycles. The topological polar surface area (TPSA) is 42.5 Å². The first-order chi connectivity index (χ1) is 11.7. The maximum absolute atomic E-state index is 5.59. The lowest BCUT2D eigenvalue weighted by atomic mass is 10.1. The molecule has 4 nitrogen and oxygen atoms in total. The number of methoxy groups -OCH3 is 1. The van der Waals surface area contributed by atoms with Gasteiger partial charge in [-0.05, 0) is 61.0 Å². The van der Waals surface area contributed by atoms with Crippen LogP contribution in [0.15, 0.2) is 42.5 Å². The van der Waals surface area contributed by atoms with Crippen molar-refractivity contribution in [1.82, 2.24) is 5.32 Å². The lowest BCUT2D eigenvalue weighted by Crippen LogP contribution is -2.27. The number of thiocarbonyl (C=S) groups is 1. The molecule has 0 spiro atoms. The van der Waals surface area contributed by atoms with Gasteiger partial charge in [-0.2, -0.15) is 0 Å². The third-order valence-corrected chi connectivity index (χ3v) is 3.85. The average molecular weight is 344 g/mol. The smallest absolute Gasteiger partial charge is 0.171 e. The molecule has 0 aliphatic rings. The number of aryl methyl sites for hydroxylation is 1. The van der Waals surface area contributed by atoms with E-state index in [-0.39, 0.29) is 0 Å². The standard InChI is InChI=1S/C19H24N2O2S/c1-4-14-6-9-16(10-7-14)21-19(24)20-13-15-8-11-17(22-3)18(12-15)23-5-2/h6-12H,4-5,13H2,1-3H3,(H2,20,21,24). The van der Waals surface area contributed by atoms with Crippen molar-refractivity contribution in [1.29, 1.82) is 0 Å². The molecule has 0 fully saturated rings. The zero-order chi connectivity index (χ0) is 17.4. The van der Waals surface area contributed by atoms with Crippen LogP contribution in [-0.4, -0.2) is 18.8 Å². The van der Waals surface area contributed by atoms with E-state index in [4.69, 9.17) is 21.7 Å². The summed E-state index contributed by atoms with van der Waals surface area (Å²) in [6, 6.07) is 14.1. The Morgan fingerprint density at radius 2 is 1.71 bits per heavy atom. The van der Waals surface area contributed by atoms with Crippen LogP contribution in [0.1, 0.15) is 25.0 Å². The summed E-state index contributed by atoms with van der Waals surface area (Å²) in [5.41, 5.74) is 3.36. The van der Waals surface area contributed by atoms with E-state index < -0.39 is 0 Å². The van der Waals surface area contributed by atoms with Crippen LogP contribution in [0, 0.1) is 0 Å². The van der Waals surface area contributed by atoms with E-state index in [1.165, 1.54) is 5.56 Å². The molecule has 0 atom stereocenters. The Labute approximate surface area is 149 Å². The van der Waals surface area contributed by atoms with E-state index in [0.29, 0.717) is 18.3 Å². The molecule has 0 saturated heterocycles. The highest BCUT2D eigenvalue weighted by Crippen LogP contribution is 2.27. The summed E-state index contributed by atoms with van der Waals surface area (Å²) in [4.78, 5) is 0. The number of hydrogen-bond acceptors (Lipinski definition) is 3. The fourth-order valence-corrected chi connectivity index (χ4v) is 2.47. The van der Waals surface area contributed by atoms with Crippen molar-refractivity contribution >= 4 is 23.0 Å². The molecule has 128 valence electrons. The van der Waals surface area contributed by atoms with Gasteiger partial charge in [-0.25, -0.2) is 0 Å². The predicted octanol–water partition coefficient (Wildman–Crippen LogP) is 4.14. The Bertz CT molecular complexity index is 672. The van der Waals surface area contributed by atoms with Crippen molar-refractivity contribution in [3.8, 4) is 11.5 Å². The van der Waals surface area contributed by atoms with Crippen LogP contribution in [-0.2, 0) is 13.0 Å². The highest BCUT2D eigenvalue weighted by atomic mass is 32.1. The van der Waals surface area contributed by atoms with Crippen molar-refractivity contribution in [3.63, 3.8) is 0 Å². The summed E-state index contributed by atoms with van der Waals surface area (Å²) in [5.74, 6) is 1.48. The highest BCUT2D eigenvalue weighted by Gasteiger charge is 2.06. The van der Waals surface area contributed by atoms with Gasteiger partial charge in [0.2, 0.25) is 0 Å². The maximum Gasteiger partial charge on any atom is 0.171 e. The number of anilines is 1. The van der Waals surface area contributed by atoms with Crippen molar-refractivity contribution in [2.45, 2.75) is 26.8 Å². The summed E-state index contributed by atoms with van der Waals surface area (Å²) in [6.45, 7) is 5.30. The second kappa shape index (κ2) is 9.13. The minimum atomic E-state index is 0.591. The third-order valence-electron chi connectivity index (χ3n) is 3.60. The summed E-state index contributed by atoms with van der Waals surface area (Å²) in [7, 11) is 1.64. The van der Waals surface area contributed by atoms with E-state index in [9.17, 15) is 0 Å². The molecule has 0 aliphatic heterocycles. The molecular formula is C19H24N2O2S. The average Bonchev–Trinajstić information content (AvgIpc) is 2.61. The number of benzene rings is 2. The van der Waals surface area contributed by atoms with Crippen LogP contribution < -0.4 is 20.1 Å². The molecule has 2 aromatic rings. The number of hydrogen-bond donors (Lipinski definition) is 2. The summed E-state index contributed by atoms with van der Waals surface area (Å²) < 4.78 is 10.9. The van der Waals surface area contributed by atoms with E-state index in [1.54, 1.807) is 7.11 Å². The van der Waals surface area contributed by atoms with Crippen molar-refractivity contribution in [2.24, 2.45) is 0 Å². The van der Waals surface area contributed by atoms with E-state index in [2.05, 4.69) is 29.7 Å². The van der Waals surface area contributed by atoms with Gasteiger partial charge in [0.1, 0.15) is 0 Å². The number of nitrogens with one attached hydrogen (secondary N) is 2. The monoisotopic (exact) mass is 344 g/mol. The lowest BCUT2D eigenvalue weighted by Gasteiger charge is -2.13. The minimum Gasteiger partial charge on any atom is -0.493 e. The van der Waals surface area contributed by atoms with Crippen LogP contribution in [0.25, 0.3) is 0 Å². The molecule has 0 radical (unpaired) electrons. The van der Waals surface area contributed by atoms with Crippen molar-refractivity contribution < 1.29 is 9.47 Å². The first-order valence-corrected chi connectivity index (χ1v) is 8.50. The van der Waals surface area contributed by atoms with Crippen molar-refractivity contribution in [2.75, 3.05) is 19.0 Å². The Morgan fingerprint density at radius 1 is 1.00 bits per heavy atom. The fraction of sp³-hybridized carbons (Fsp3) is 0.316. The van der Waals surface area contributed by atoms with Crippen LogP contribution in [0.4, 0.5) is 5.69 Å². The first kappa shape index (κ1) is 18.1. The molecule has 0 saturated carbocycles. The Kier molecular flexibility index (Phi) is 6.88. The number of ether oxygens (including phenoxy) is 2. The third kappa shape index (κ3) is 5.13. The van der Waals surface area contributed by atoms with E-state index in [0.717, 1.165) is 29.2 Å². The van der Waals surface area contributed by atoms with Crippen LogP contribution >= 0.6 is 12.2 Å². The van der Waals surface area contributed by atoms with Gasteiger partial charge in [0, 0.05) is 12.2 Å². The van der Waals surface area contributed by atoms with Crippen molar-refractivity contribution in [3.05, 3.63) is 53.6 Å². The molecule has 2 aromatic carbocycles. The fourth-order valence-electron chi connectivity index (χ4n) is 2.28. The van der Waals surface area contributed by atoms with Gasteiger partial charge in [0.15, 0.2) is 16.6 Å². The molecule has 2 rings (SSSR count). The predicted molar refractivity (Wildman–Crippen MR) is 103 cm³/mol. The van der Waals surface area contributed by atoms with Crippen LogP contribution in [0.5, 0.6) is 11.5 Å². The normalized spacial score (nSPS) is 10.1. The molecule has 0 amide bonds. The Morgan fingerprint density at radius 3 is 2.33 bits per heavy atom. The molecule has 0 aliphatic carbocycles. The first-order valence-electron chi connectivity index (χ1n) is 8.09. The van der Waals surface area contributed by atoms with Gasteiger partial charge in [0.05, 0.1) is 13.7 Å². The van der Waals surface area contributed by atoms with Crippen LogP contribution in [0.3, 0.4) is 0 Å². The molecule has 5 heteroatoms. The van der Waals surface area contributed by atoms with E-state index >= 15 is 0 Å². The molecule has 0 heterocycles. The second-order valence-corrected chi connectivity index (χ2v) is 5.68. The van der Waals surface area contributed by atoms with Crippen LogP contribution in [0.2, 0.25) is 0 Å². The van der Waals surface area contributed by atoms with E-state index in [1.807, 2.05) is 37.3 Å². The largest absolute Gasteiger partial charge is 0.493 e. The quantitative estimate of drug-likeness (QED) is 0.739. The molecule has 0 unspecified atom stereocenters. The summed E-state index contributed by atoms with van der Waals surface area (Å²) in [5, 5.41) is 6.99. The van der Waals surface area contributed by atoms with Gasteiger partial charge < -0.3 is 20.1 Å². The number of rotatable bonds is 7. The van der Waals surface area contributed by atoms with Gasteiger partial charge in [-0.1, -0.05) is 25.1 Å². The molecular weight excluding hydrogens is 320 g/mol. The summed E-state index contributed by atoms with van der Waals surface area (Å²) in [6.07, 6.45) is 1.03. The SMILES string of the molecule is CCOc1cc(CNC(=S)Nc2ccc(CC)cc2)ccc1OC. The minimum absolute atomic E-state index is 0.591. The molecule has 24 heavy (non-hydrogen) atoms. The maximum atomic E-state index is 5.59. The van der Waals surface area contributed by atoms with Gasteiger partial charge in [-0.15, -0.1) is 0 Å². The zero-order valence-corrected chi connectivity index (χ0v) is 15.2.